The van der Waals surface area contributed by atoms with Crippen molar-refractivity contribution in [3.05, 3.63) is 17.7 Å². The van der Waals surface area contributed by atoms with Gasteiger partial charge in [0.25, 0.3) is 0 Å². The first-order valence-electron chi connectivity index (χ1n) is 4.14. The van der Waals surface area contributed by atoms with Gasteiger partial charge in [0.05, 0.1) is 5.69 Å². The van der Waals surface area contributed by atoms with Crippen LogP contribution in [-0.2, 0) is 4.74 Å². The second-order valence-corrected chi connectivity index (χ2v) is 3.89. The largest absolute Gasteiger partial charge is 0.454 e. The van der Waals surface area contributed by atoms with Crippen LogP contribution in [0, 0.1) is 6.92 Å². The lowest BCUT2D eigenvalue weighted by atomic mass is 10.2. The average molecular weight is 182 g/mol. The number of rotatable bonds is 1. The summed E-state index contributed by atoms with van der Waals surface area (Å²) in [5.41, 5.74) is 0.304. The summed E-state index contributed by atoms with van der Waals surface area (Å²) in [5.74, 6) is -0.159. The van der Waals surface area contributed by atoms with E-state index in [-0.39, 0.29) is 5.82 Å². The molecule has 13 heavy (non-hydrogen) atoms. The quantitative estimate of drug-likeness (QED) is 0.672. The molecule has 0 fully saturated rings. The van der Waals surface area contributed by atoms with E-state index in [1.54, 1.807) is 6.20 Å². The van der Waals surface area contributed by atoms with Gasteiger partial charge in [0.2, 0.25) is 5.82 Å². The normalized spacial score (nSPS) is 11.4. The van der Waals surface area contributed by atoms with Crippen molar-refractivity contribution in [3.8, 4) is 0 Å². The third-order valence-electron chi connectivity index (χ3n) is 1.30. The number of aromatic nitrogens is 2. The SMILES string of the molecule is Cc1c[nH]c(C(=O)OC(C)(C)C)n1. The van der Waals surface area contributed by atoms with Crippen molar-refractivity contribution in [2.45, 2.75) is 33.3 Å². The zero-order valence-corrected chi connectivity index (χ0v) is 8.34. The van der Waals surface area contributed by atoms with Crippen molar-refractivity contribution in [3.63, 3.8) is 0 Å². The third-order valence-corrected chi connectivity index (χ3v) is 1.30. The molecule has 72 valence electrons. The van der Waals surface area contributed by atoms with Gasteiger partial charge >= 0.3 is 5.97 Å². The second kappa shape index (κ2) is 3.20. The summed E-state index contributed by atoms with van der Waals surface area (Å²) in [7, 11) is 0. The fourth-order valence-electron chi connectivity index (χ4n) is 0.845. The predicted octanol–water partition coefficient (Wildman–Crippen LogP) is 1.67. The fourth-order valence-corrected chi connectivity index (χ4v) is 0.845. The number of ether oxygens (including phenoxy) is 1. The van der Waals surface area contributed by atoms with Gasteiger partial charge in [0.15, 0.2) is 0 Å². The zero-order valence-electron chi connectivity index (χ0n) is 8.34. The molecule has 4 heteroatoms. The van der Waals surface area contributed by atoms with E-state index < -0.39 is 11.6 Å². The Morgan fingerprint density at radius 1 is 1.54 bits per heavy atom. The van der Waals surface area contributed by atoms with Gasteiger partial charge < -0.3 is 9.72 Å². The van der Waals surface area contributed by atoms with Gasteiger partial charge in [-0.15, -0.1) is 0 Å². The van der Waals surface area contributed by atoms with Crippen LogP contribution in [0.4, 0.5) is 0 Å². The molecule has 1 aromatic rings. The van der Waals surface area contributed by atoms with Gasteiger partial charge in [-0.3, -0.25) is 0 Å². The van der Waals surface area contributed by atoms with Gasteiger partial charge in [-0.2, -0.15) is 0 Å². The number of H-pyrrole nitrogens is 1. The Labute approximate surface area is 77.3 Å². The smallest absolute Gasteiger partial charge is 0.374 e. The molecule has 0 radical (unpaired) electrons. The van der Waals surface area contributed by atoms with Crippen molar-refractivity contribution in [1.82, 2.24) is 9.97 Å². The standard InChI is InChI=1S/C9H14N2O2/c1-6-5-10-7(11-6)8(12)13-9(2,3)4/h5H,1-4H3,(H,10,11). The van der Waals surface area contributed by atoms with Crippen LogP contribution in [0.1, 0.15) is 37.1 Å². The fraction of sp³-hybridized carbons (Fsp3) is 0.556. The number of imidazole rings is 1. The minimum absolute atomic E-state index is 0.257. The summed E-state index contributed by atoms with van der Waals surface area (Å²) in [4.78, 5) is 18.1. The van der Waals surface area contributed by atoms with Crippen LogP contribution in [0.25, 0.3) is 0 Å². The maximum atomic E-state index is 11.4. The molecule has 0 bridgehead atoms. The number of nitrogens with one attached hydrogen (secondary N) is 1. The number of aryl methyl sites for hydroxylation is 1. The Morgan fingerprint density at radius 2 is 2.15 bits per heavy atom. The molecule has 0 unspecified atom stereocenters. The lowest BCUT2D eigenvalue weighted by Gasteiger charge is -2.18. The molecular weight excluding hydrogens is 168 g/mol. The molecule has 1 heterocycles. The van der Waals surface area contributed by atoms with E-state index in [2.05, 4.69) is 9.97 Å². The maximum Gasteiger partial charge on any atom is 0.374 e. The second-order valence-electron chi connectivity index (χ2n) is 3.89. The van der Waals surface area contributed by atoms with Crippen LogP contribution < -0.4 is 0 Å². The molecule has 0 atom stereocenters. The first kappa shape index (κ1) is 9.77. The molecule has 0 aliphatic rings. The van der Waals surface area contributed by atoms with Crippen molar-refractivity contribution in [2.24, 2.45) is 0 Å². The molecule has 0 aliphatic carbocycles. The molecule has 0 spiro atoms. The van der Waals surface area contributed by atoms with Gasteiger partial charge in [-0.05, 0) is 27.7 Å². The zero-order chi connectivity index (χ0) is 10.1. The number of carbonyl (C=O) groups is 1. The van der Waals surface area contributed by atoms with E-state index in [9.17, 15) is 4.79 Å². The summed E-state index contributed by atoms with van der Waals surface area (Å²) in [6.45, 7) is 7.27. The first-order chi connectivity index (χ1) is 5.88. The van der Waals surface area contributed by atoms with Crippen molar-refractivity contribution >= 4 is 5.97 Å². The molecule has 0 saturated carbocycles. The van der Waals surface area contributed by atoms with E-state index in [1.807, 2.05) is 27.7 Å². The Hall–Kier alpha value is -1.32. The molecular formula is C9H14N2O2. The Morgan fingerprint density at radius 3 is 2.54 bits per heavy atom. The molecule has 1 aromatic heterocycles. The highest BCUT2D eigenvalue weighted by Crippen LogP contribution is 2.09. The Kier molecular flexibility index (Phi) is 2.40. The minimum Gasteiger partial charge on any atom is -0.454 e. The van der Waals surface area contributed by atoms with Crippen LogP contribution in [0.5, 0.6) is 0 Å². The molecule has 0 aromatic carbocycles. The van der Waals surface area contributed by atoms with Crippen molar-refractivity contribution < 1.29 is 9.53 Å². The van der Waals surface area contributed by atoms with Gasteiger partial charge in [0.1, 0.15) is 5.60 Å². The Balaban J connectivity index is 2.70. The van der Waals surface area contributed by atoms with Crippen LogP contribution >= 0.6 is 0 Å². The Bertz CT molecular complexity index is 310. The summed E-state index contributed by atoms with van der Waals surface area (Å²) in [6, 6.07) is 0. The molecule has 0 aliphatic heterocycles. The molecule has 0 saturated heterocycles. The predicted molar refractivity (Wildman–Crippen MR) is 48.5 cm³/mol. The molecule has 0 amide bonds. The lowest BCUT2D eigenvalue weighted by Crippen LogP contribution is -2.24. The van der Waals surface area contributed by atoms with E-state index in [1.165, 1.54) is 0 Å². The molecule has 4 nitrogen and oxygen atoms in total. The third kappa shape index (κ3) is 2.89. The average Bonchev–Trinajstić information content (AvgIpc) is 2.31. The van der Waals surface area contributed by atoms with E-state index in [0.717, 1.165) is 5.69 Å². The summed E-state index contributed by atoms with van der Waals surface area (Å²) < 4.78 is 5.10. The van der Waals surface area contributed by atoms with Gasteiger partial charge in [-0.25, -0.2) is 9.78 Å². The van der Waals surface area contributed by atoms with Crippen molar-refractivity contribution in [1.29, 1.82) is 0 Å². The van der Waals surface area contributed by atoms with E-state index in [0.29, 0.717) is 0 Å². The number of aromatic amines is 1. The topological polar surface area (TPSA) is 55.0 Å². The molecule has 1 N–H and O–H groups in total. The monoisotopic (exact) mass is 182 g/mol. The highest BCUT2D eigenvalue weighted by atomic mass is 16.6. The van der Waals surface area contributed by atoms with Gasteiger partial charge in [0, 0.05) is 6.20 Å². The number of hydrogen-bond donors (Lipinski definition) is 1. The minimum atomic E-state index is -0.474. The summed E-state index contributed by atoms with van der Waals surface area (Å²) in [6.07, 6.45) is 1.67. The summed E-state index contributed by atoms with van der Waals surface area (Å²) in [5, 5.41) is 0. The van der Waals surface area contributed by atoms with E-state index >= 15 is 0 Å². The van der Waals surface area contributed by atoms with Crippen LogP contribution in [0.3, 0.4) is 0 Å². The number of esters is 1. The lowest BCUT2D eigenvalue weighted by molar-refractivity contribution is 0.00567. The number of hydrogen-bond acceptors (Lipinski definition) is 3. The van der Waals surface area contributed by atoms with E-state index in [4.69, 9.17) is 4.74 Å². The van der Waals surface area contributed by atoms with Crippen LogP contribution in [0.2, 0.25) is 0 Å². The van der Waals surface area contributed by atoms with Gasteiger partial charge in [-0.1, -0.05) is 0 Å². The first-order valence-corrected chi connectivity index (χ1v) is 4.14. The van der Waals surface area contributed by atoms with Crippen molar-refractivity contribution in [2.75, 3.05) is 0 Å². The maximum absolute atomic E-state index is 11.4. The summed E-state index contributed by atoms with van der Waals surface area (Å²) >= 11 is 0. The highest BCUT2D eigenvalue weighted by Gasteiger charge is 2.19. The number of carbonyl (C=O) groups excluding carboxylic acids is 1. The number of nitrogens with zero attached hydrogens (tertiary/aromatic N) is 1. The van der Waals surface area contributed by atoms with Crippen LogP contribution in [-0.4, -0.2) is 21.5 Å². The molecule has 1 rings (SSSR count). The highest BCUT2D eigenvalue weighted by molar-refractivity contribution is 5.85. The van der Waals surface area contributed by atoms with Crippen LogP contribution in [0.15, 0.2) is 6.20 Å².